The van der Waals surface area contributed by atoms with E-state index in [1.54, 1.807) is 0 Å². The Morgan fingerprint density at radius 3 is 2.50 bits per heavy atom. The van der Waals surface area contributed by atoms with Gasteiger partial charge in [-0.1, -0.05) is 12.1 Å². The largest absolute Gasteiger partial charge is 0.476 e. The Bertz CT molecular complexity index is 458. The van der Waals surface area contributed by atoms with Crippen LogP contribution in [0.1, 0.15) is 23.0 Å². The van der Waals surface area contributed by atoms with Crippen LogP contribution in [0.3, 0.4) is 0 Å². The molecule has 1 N–H and O–H groups in total. The first kappa shape index (κ1) is 10.7. The molecule has 0 spiro atoms. The van der Waals surface area contributed by atoms with E-state index in [2.05, 4.69) is 9.68 Å². The molecule has 0 aromatic carbocycles. The van der Waals surface area contributed by atoms with Gasteiger partial charge in [-0.25, -0.2) is 13.2 Å². The van der Waals surface area contributed by atoms with Crippen molar-refractivity contribution in [2.75, 3.05) is 5.75 Å². The van der Waals surface area contributed by atoms with E-state index < -0.39 is 15.8 Å². The van der Waals surface area contributed by atoms with Crippen LogP contribution in [0.5, 0.6) is 0 Å². The number of aromatic nitrogens is 1. The third kappa shape index (κ3) is 1.63. The van der Waals surface area contributed by atoms with Crippen LogP contribution in [0, 0.1) is 6.92 Å². The Hall–Kier alpha value is -1.37. The van der Waals surface area contributed by atoms with Crippen molar-refractivity contribution >= 4 is 15.8 Å². The van der Waals surface area contributed by atoms with E-state index >= 15 is 0 Å². The maximum atomic E-state index is 11.3. The van der Waals surface area contributed by atoms with E-state index in [0.29, 0.717) is 0 Å². The molecule has 1 aromatic heterocycles. The smallest absolute Gasteiger partial charge is 0.358 e. The number of carboxylic acid groups (broad SMARTS) is 1. The number of hydrogen-bond acceptors (Lipinski definition) is 5. The molecule has 0 unspecified atom stereocenters. The summed E-state index contributed by atoms with van der Waals surface area (Å²) in [4.78, 5) is 10.5. The molecular weight excluding hydrogens is 210 g/mol. The second kappa shape index (κ2) is 3.41. The molecule has 0 aliphatic rings. The van der Waals surface area contributed by atoms with Crippen molar-refractivity contribution in [1.82, 2.24) is 5.16 Å². The Morgan fingerprint density at radius 1 is 1.57 bits per heavy atom. The fourth-order valence-corrected chi connectivity index (χ4v) is 1.92. The summed E-state index contributed by atoms with van der Waals surface area (Å²) >= 11 is 0. The zero-order valence-corrected chi connectivity index (χ0v) is 8.46. The summed E-state index contributed by atoms with van der Waals surface area (Å²) in [6.45, 7) is 2.79. The van der Waals surface area contributed by atoms with Crippen molar-refractivity contribution in [2.45, 2.75) is 18.9 Å². The van der Waals surface area contributed by atoms with Gasteiger partial charge in [0, 0.05) is 5.56 Å². The number of carboxylic acids is 1. The lowest BCUT2D eigenvalue weighted by molar-refractivity contribution is 0.0684. The van der Waals surface area contributed by atoms with Crippen LogP contribution in [0.15, 0.2) is 9.62 Å². The molecule has 0 amide bonds. The maximum Gasteiger partial charge on any atom is 0.358 e. The molecule has 0 radical (unpaired) electrons. The topological polar surface area (TPSA) is 97.5 Å². The van der Waals surface area contributed by atoms with Gasteiger partial charge >= 0.3 is 5.97 Å². The zero-order chi connectivity index (χ0) is 10.9. The van der Waals surface area contributed by atoms with Gasteiger partial charge < -0.3 is 9.63 Å². The highest BCUT2D eigenvalue weighted by molar-refractivity contribution is 7.91. The van der Waals surface area contributed by atoms with E-state index in [9.17, 15) is 13.2 Å². The van der Waals surface area contributed by atoms with Gasteiger partial charge in [0.2, 0.25) is 9.84 Å². The fourth-order valence-electron chi connectivity index (χ4n) is 0.941. The molecule has 0 fully saturated rings. The molecule has 1 rings (SSSR count). The minimum absolute atomic E-state index is 0.0411. The Morgan fingerprint density at radius 2 is 2.14 bits per heavy atom. The number of rotatable bonds is 3. The normalized spacial score (nSPS) is 11.6. The Kier molecular flexibility index (Phi) is 2.61. The lowest BCUT2D eigenvalue weighted by Crippen LogP contribution is -2.05. The fraction of sp³-hybridized carbons (Fsp3) is 0.429. The van der Waals surface area contributed by atoms with E-state index in [1.807, 2.05) is 0 Å². The molecule has 0 atom stereocenters. The molecular formula is C7H9NO5S. The first-order chi connectivity index (χ1) is 6.40. The Labute approximate surface area is 80.4 Å². The van der Waals surface area contributed by atoms with Gasteiger partial charge in [0.15, 0.2) is 5.69 Å². The first-order valence-corrected chi connectivity index (χ1v) is 5.47. The third-order valence-corrected chi connectivity index (χ3v) is 3.45. The van der Waals surface area contributed by atoms with Crippen molar-refractivity contribution < 1.29 is 22.8 Å². The summed E-state index contributed by atoms with van der Waals surface area (Å²) in [5.74, 6) is -1.45. The third-order valence-electron chi connectivity index (χ3n) is 1.75. The molecule has 78 valence electrons. The molecule has 0 bridgehead atoms. The number of sulfone groups is 1. The maximum absolute atomic E-state index is 11.3. The van der Waals surface area contributed by atoms with Crippen LogP contribution in [0.4, 0.5) is 0 Å². The quantitative estimate of drug-likeness (QED) is 0.793. The van der Waals surface area contributed by atoms with Gasteiger partial charge in [0.05, 0.1) is 5.75 Å². The van der Waals surface area contributed by atoms with E-state index in [4.69, 9.17) is 5.11 Å². The number of nitrogens with zero attached hydrogens (tertiary/aromatic N) is 1. The van der Waals surface area contributed by atoms with E-state index in [-0.39, 0.29) is 22.1 Å². The standard InChI is InChI=1S/C7H9NO5S/c1-3-14(11,12)7-4(2)5(6(9)10)8-13-7/h3H2,1-2H3,(H,9,10). The SMILES string of the molecule is CCS(=O)(=O)c1onc(C(=O)O)c1C. The highest BCUT2D eigenvalue weighted by Gasteiger charge is 2.26. The summed E-state index contributed by atoms with van der Waals surface area (Å²) < 4.78 is 27.2. The molecule has 0 saturated heterocycles. The molecule has 0 saturated carbocycles. The summed E-state index contributed by atoms with van der Waals surface area (Å²) in [6, 6.07) is 0. The minimum atomic E-state index is -3.53. The van der Waals surface area contributed by atoms with Crippen molar-refractivity contribution in [3.05, 3.63) is 11.3 Å². The molecule has 7 heteroatoms. The number of hydrogen-bond donors (Lipinski definition) is 1. The molecule has 0 aliphatic carbocycles. The zero-order valence-electron chi connectivity index (χ0n) is 7.64. The van der Waals surface area contributed by atoms with Crippen LogP contribution in [0.2, 0.25) is 0 Å². The summed E-state index contributed by atoms with van der Waals surface area (Å²) in [6.07, 6.45) is 0. The highest BCUT2D eigenvalue weighted by atomic mass is 32.2. The van der Waals surface area contributed by atoms with Crippen molar-refractivity contribution in [3.8, 4) is 0 Å². The van der Waals surface area contributed by atoms with Crippen molar-refractivity contribution in [3.63, 3.8) is 0 Å². The molecule has 1 aromatic rings. The monoisotopic (exact) mass is 219 g/mol. The van der Waals surface area contributed by atoms with Crippen molar-refractivity contribution in [1.29, 1.82) is 0 Å². The lowest BCUT2D eigenvalue weighted by atomic mass is 10.3. The van der Waals surface area contributed by atoms with Gasteiger partial charge in [-0.05, 0) is 6.92 Å². The van der Waals surface area contributed by atoms with Gasteiger partial charge in [0.1, 0.15) is 0 Å². The summed E-state index contributed by atoms with van der Waals surface area (Å²) in [5.41, 5.74) is -0.323. The average Bonchev–Trinajstić information content (AvgIpc) is 2.47. The Balaban J connectivity index is 3.34. The van der Waals surface area contributed by atoms with Gasteiger partial charge in [-0.15, -0.1) is 0 Å². The number of carbonyl (C=O) groups is 1. The predicted octanol–water partition coefficient (Wildman–Crippen LogP) is 0.475. The van der Waals surface area contributed by atoms with Gasteiger partial charge in [-0.3, -0.25) is 0 Å². The van der Waals surface area contributed by atoms with Crippen LogP contribution < -0.4 is 0 Å². The minimum Gasteiger partial charge on any atom is -0.476 e. The second-order valence-corrected chi connectivity index (χ2v) is 4.83. The molecule has 0 aliphatic heterocycles. The van der Waals surface area contributed by atoms with Gasteiger partial charge in [0.25, 0.3) is 5.09 Å². The number of aromatic carboxylic acids is 1. The predicted molar refractivity (Wildman–Crippen MR) is 45.9 cm³/mol. The highest BCUT2D eigenvalue weighted by Crippen LogP contribution is 2.19. The summed E-state index contributed by atoms with van der Waals surface area (Å²) in [5, 5.41) is 11.4. The summed E-state index contributed by atoms with van der Waals surface area (Å²) in [7, 11) is -3.53. The lowest BCUT2D eigenvalue weighted by Gasteiger charge is -1.94. The van der Waals surface area contributed by atoms with E-state index in [1.165, 1.54) is 13.8 Å². The van der Waals surface area contributed by atoms with Crippen LogP contribution >= 0.6 is 0 Å². The molecule has 1 heterocycles. The van der Waals surface area contributed by atoms with Crippen LogP contribution in [-0.2, 0) is 9.84 Å². The van der Waals surface area contributed by atoms with Gasteiger partial charge in [-0.2, -0.15) is 0 Å². The van der Waals surface area contributed by atoms with E-state index in [0.717, 1.165) is 0 Å². The van der Waals surface area contributed by atoms with Crippen LogP contribution in [0.25, 0.3) is 0 Å². The second-order valence-electron chi connectivity index (χ2n) is 2.65. The first-order valence-electron chi connectivity index (χ1n) is 3.82. The average molecular weight is 219 g/mol. The van der Waals surface area contributed by atoms with Crippen molar-refractivity contribution in [2.24, 2.45) is 0 Å². The van der Waals surface area contributed by atoms with Crippen LogP contribution in [-0.4, -0.2) is 30.4 Å². The molecule has 14 heavy (non-hydrogen) atoms. The molecule has 6 nitrogen and oxygen atoms in total.